The molecular formula is C19H23N5. The average molecular weight is 321 g/mol. The molecule has 124 valence electrons. The van der Waals surface area contributed by atoms with Crippen LogP contribution in [0, 0.1) is 10.8 Å². The van der Waals surface area contributed by atoms with Gasteiger partial charge >= 0.3 is 0 Å². The lowest BCUT2D eigenvalue weighted by Gasteiger charge is -2.34. The van der Waals surface area contributed by atoms with E-state index in [1.165, 1.54) is 11.3 Å². The van der Waals surface area contributed by atoms with Gasteiger partial charge in [0.15, 0.2) is 0 Å². The van der Waals surface area contributed by atoms with Gasteiger partial charge in [0.05, 0.1) is 0 Å². The largest absolute Gasteiger partial charge is 0.384 e. The van der Waals surface area contributed by atoms with E-state index in [0.717, 1.165) is 37.1 Å². The lowest BCUT2D eigenvalue weighted by atomic mass is 9.88. The number of rotatable bonds is 4. The molecular weight excluding hydrogens is 298 g/mol. The molecule has 0 amide bonds. The number of nitrogen functional groups attached to an aromatic ring is 2. The highest BCUT2D eigenvalue weighted by molar-refractivity contribution is 5.95. The van der Waals surface area contributed by atoms with E-state index in [1.54, 1.807) is 0 Å². The molecule has 3 rings (SSSR count). The van der Waals surface area contributed by atoms with E-state index in [9.17, 15) is 0 Å². The summed E-state index contributed by atoms with van der Waals surface area (Å²) in [5, 5.41) is 14.9. The molecule has 1 fully saturated rings. The zero-order valence-corrected chi connectivity index (χ0v) is 13.6. The molecule has 0 atom stereocenters. The molecule has 1 aliphatic heterocycles. The minimum absolute atomic E-state index is 0.106. The van der Waals surface area contributed by atoms with Gasteiger partial charge in [-0.05, 0) is 48.6 Å². The first kappa shape index (κ1) is 16.1. The van der Waals surface area contributed by atoms with Crippen molar-refractivity contribution in [1.29, 1.82) is 10.8 Å². The van der Waals surface area contributed by atoms with Crippen LogP contribution in [0.15, 0.2) is 48.5 Å². The molecule has 0 spiro atoms. The van der Waals surface area contributed by atoms with Gasteiger partial charge in [-0.1, -0.05) is 24.3 Å². The third-order valence-electron chi connectivity index (χ3n) is 4.73. The van der Waals surface area contributed by atoms with Crippen LogP contribution in [0.1, 0.15) is 35.4 Å². The zero-order chi connectivity index (χ0) is 17.1. The van der Waals surface area contributed by atoms with Crippen LogP contribution in [0.3, 0.4) is 0 Å². The Hall–Kier alpha value is -2.82. The van der Waals surface area contributed by atoms with Crippen LogP contribution in [0.25, 0.3) is 0 Å². The average Bonchev–Trinajstić information content (AvgIpc) is 2.62. The number of benzene rings is 2. The van der Waals surface area contributed by atoms with E-state index in [1.807, 2.05) is 36.4 Å². The van der Waals surface area contributed by atoms with Crippen molar-refractivity contribution in [2.24, 2.45) is 11.5 Å². The molecule has 0 saturated carbocycles. The van der Waals surface area contributed by atoms with Crippen molar-refractivity contribution in [2.45, 2.75) is 18.8 Å². The lowest BCUT2D eigenvalue weighted by molar-refractivity contribution is 0.505. The highest BCUT2D eigenvalue weighted by Crippen LogP contribution is 2.30. The van der Waals surface area contributed by atoms with Gasteiger partial charge in [0, 0.05) is 29.9 Å². The van der Waals surface area contributed by atoms with E-state index in [-0.39, 0.29) is 11.7 Å². The highest BCUT2D eigenvalue weighted by atomic mass is 15.1. The Labute approximate surface area is 142 Å². The Balaban J connectivity index is 1.62. The maximum Gasteiger partial charge on any atom is 0.122 e. The van der Waals surface area contributed by atoms with Crippen LogP contribution in [0.2, 0.25) is 0 Å². The molecule has 5 nitrogen and oxygen atoms in total. The molecule has 1 aliphatic rings. The Morgan fingerprint density at radius 2 is 1.25 bits per heavy atom. The standard InChI is InChI=1S/C19H23N5/c20-18(21)15-3-1-13(2-4-15)14-9-11-24(12-10-14)17-7-5-16(6-8-17)19(22)23/h1-8,14H,9-12H2,(H3,20,21)(H3,22,23). The Morgan fingerprint density at radius 1 is 0.792 bits per heavy atom. The molecule has 0 bridgehead atoms. The third-order valence-corrected chi connectivity index (χ3v) is 4.73. The Morgan fingerprint density at radius 3 is 1.71 bits per heavy atom. The quantitative estimate of drug-likeness (QED) is 0.514. The van der Waals surface area contributed by atoms with Gasteiger partial charge in [-0.15, -0.1) is 0 Å². The monoisotopic (exact) mass is 321 g/mol. The second-order valence-corrected chi connectivity index (χ2v) is 6.26. The van der Waals surface area contributed by atoms with Crippen LogP contribution >= 0.6 is 0 Å². The number of piperidine rings is 1. The van der Waals surface area contributed by atoms with Crippen LogP contribution in [-0.2, 0) is 0 Å². The third kappa shape index (κ3) is 3.40. The summed E-state index contributed by atoms with van der Waals surface area (Å²) in [6.45, 7) is 2.02. The fourth-order valence-corrected chi connectivity index (χ4v) is 3.26. The summed E-state index contributed by atoms with van der Waals surface area (Å²) in [4.78, 5) is 2.38. The normalized spacial score (nSPS) is 15.2. The van der Waals surface area contributed by atoms with Crippen molar-refractivity contribution in [3.8, 4) is 0 Å². The molecule has 1 heterocycles. The van der Waals surface area contributed by atoms with Gasteiger partial charge in [-0.2, -0.15) is 0 Å². The second-order valence-electron chi connectivity index (χ2n) is 6.26. The number of nitrogens with two attached hydrogens (primary N) is 2. The van der Waals surface area contributed by atoms with Crippen molar-refractivity contribution in [3.63, 3.8) is 0 Å². The van der Waals surface area contributed by atoms with E-state index < -0.39 is 0 Å². The number of nitrogens with zero attached hydrogens (tertiary/aromatic N) is 1. The number of anilines is 1. The van der Waals surface area contributed by atoms with Crippen LogP contribution in [0.4, 0.5) is 5.69 Å². The number of hydrogen-bond donors (Lipinski definition) is 4. The van der Waals surface area contributed by atoms with E-state index in [2.05, 4.69) is 17.0 Å². The first-order chi connectivity index (χ1) is 11.5. The Kier molecular flexibility index (Phi) is 4.51. The summed E-state index contributed by atoms with van der Waals surface area (Å²) in [6.07, 6.45) is 2.21. The second kappa shape index (κ2) is 6.74. The summed E-state index contributed by atoms with van der Waals surface area (Å²) in [5.74, 6) is 0.776. The summed E-state index contributed by atoms with van der Waals surface area (Å²) < 4.78 is 0. The molecule has 6 N–H and O–H groups in total. The molecule has 1 saturated heterocycles. The van der Waals surface area contributed by atoms with Gasteiger partial charge in [-0.3, -0.25) is 10.8 Å². The number of hydrogen-bond acceptors (Lipinski definition) is 3. The molecule has 24 heavy (non-hydrogen) atoms. The minimum Gasteiger partial charge on any atom is -0.384 e. The first-order valence-electron chi connectivity index (χ1n) is 8.18. The molecule has 0 unspecified atom stereocenters. The predicted octanol–water partition coefficient (Wildman–Crippen LogP) is 2.64. The van der Waals surface area contributed by atoms with Gasteiger partial charge in [0.25, 0.3) is 0 Å². The first-order valence-corrected chi connectivity index (χ1v) is 8.18. The molecule has 0 aliphatic carbocycles. The summed E-state index contributed by atoms with van der Waals surface area (Å²) in [7, 11) is 0. The molecule has 5 heteroatoms. The van der Waals surface area contributed by atoms with Crippen molar-refractivity contribution < 1.29 is 0 Å². The van der Waals surface area contributed by atoms with E-state index in [4.69, 9.17) is 22.3 Å². The fourth-order valence-electron chi connectivity index (χ4n) is 3.26. The molecule has 2 aromatic carbocycles. The molecule has 0 radical (unpaired) electrons. The molecule has 2 aromatic rings. The maximum absolute atomic E-state index is 7.46. The van der Waals surface area contributed by atoms with Crippen molar-refractivity contribution in [1.82, 2.24) is 0 Å². The highest BCUT2D eigenvalue weighted by Gasteiger charge is 2.21. The summed E-state index contributed by atoms with van der Waals surface area (Å²) in [5.41, 5.74) is 15.1. The van der Waals surface area contributed by atoms with Gasteiger partial charge < -0.3 is 16.4 Å². The predicted molar refractivity (Wildman–Crippen MR) is 99.1 cm³/mol. The molecule has 0 aromatic heterocycles. The van der Waals surface area contributed by atoms with E-state index >= 15 is 0 Å². The zero-order valence-electron chi connectivity index (χ0n) is 13.6. The summed E-state index contributed by atoms with van der Waals surface area (Å²) in [6, 6.07) is 16.0. The SMILES string of the molecule is N=C(N)c1ccc(C2CCN(c3ccc(C(=N)N)cc3)CC2)cc1. The Bertz CT molecular complexity index is 660. The van der Waals surface area contributed by atoms with Crippen LogP contribution in [-0.4, -0.2) is 24.8 Å². The van der Waals surface area contributed by atoms with Crippen LogP contribution in [0.5, 0.6) is 0 Å². The number of nitrogens with one attached hydrogen (secondary N) is 2. The smallest absolute Gasteiger partial charge is 0.122 e. The fraction of sp³-hybridized carbons (Fsp3) is 0.263. The lowest BCUT2D eigenvalue weighted by Crippen LogP contribution is -2.32. The van der Waals surface area contributed by atoms with Gasteiger partial charge in [0.2, 0.25) is 0 Å². The van der Waals surface area contributed by atoms with Crippen LogP contribution < -0.4 is 16.4 Å². The van der Waals surface area contributed by atoms with Gasteiger partial charge in [-0.25, -0.2) is 0 Å². The number of amidine groups is 2. The maximum atomic E-state index is 7.46. The van der Waals surface area contributed by atoms with Crippen molar-refractivity contribution in [3.05, 3.63) is 65.2 Å². The topological polar surface area (TPSA) is 103 Å². The van der Waals surface area contributed by atoms with Gasteiger partial charge in [0.1, 0.15) is 11.7 Å². The van der Waals surface area contributed by atoms with E-state index in [0.29, 0.717) is 5.92 Å². The van der Waals surface area contributed by atoms with Crippen molar-refractivity contribution in [2.75, 3.05) is 18.0 Å². The summed E-state index contributed by atoms with van der Waals surface area (Å²) >= 11 is 0. The minimum atomic E-state index is 0.106. The van der Waals surface area contributed by atoms with Crippen molar-refractivity contribution >= 4 is 17.4 Å².